The van der Waals surface area contributed by atoms with E-state index >= 15 is 0 Å². The van der Waals surface area contributed by atoms with Crippen LogP contribution in [0.1, 0.15) is 23.3 Å². The maximum absolute atomic E-state index is 12.6. The Morgan fingerprint density at radius 2 is 1.77 bits per heavy atom. The number of furan rings is 1. The summed E-state index contributed by atoms with van der Waals surface area (Å²) in [5, 5.41) is 8.39. The normalized spacial score (nSPS) is 11.7. The average molecular weight is 397 g/mol. The van der Waals surface area contributed by atoms with Crippen LogP contribution in [0.25, 0.3) is 23.2 Å². The van der Waals surface area contributed by atoms with Gasteiger partial charge in [0.25, 0.3) is 0 Å². The molecule has 4 aromatic rings. The van der Waals surface area contributed by atoms with Gasteiger partial charge in [0.05, 0.1) is 18.2 Å². The van der Waals surface area contributed by atoms with Crippen molar-refractivity contribution >= 4 is 18.2 Å². The van der Waals surface area contributed by atoms with Gasteiger partial charge in [-0.2, -0.15) is 5.10 Å². The van der Waals surface area contributed by atoms with E-state index in [1.165, 1.54) is 6.21 Å². The average Bonchev–Trinajstić information content (AvgIpc) is 3.45. The minimum atomic E-state index is -0.496. The molecule has 0 fully saturated rings. The highest BCUT2D eigenvalue weighted by atomic mass is 16.3. The Hall–Kier alpha value is -4.26. The number of carbonyl (C=O) groups excluding carboxylic acids is 1. The summed E-state index contributed by atoms with van der Waals surface area (Å²) >= 11 is 0. The molecule has 0 spiro atoms. The van der Waals surface area contributed by atoms with Gasteiger partial charge >= 0.3 is 5.91 Å². The zero-order valence-corrected chi connectivity index (χ0v) is 16.3. The lowest BCUT2D eigenvalue weighted by atomic mass is 10.2. The van der Waals surface area contributed by atoms with Crippen molar-refractivity contribution in [1.29, 1.82) is 0 Å². The number of para-hydroxylation sites is 1. The SMILES string of the molecule is CC(/C=N/NC(=O)c1nc(-c2ccccc2)n(-c2ccccc2)n1)=C\c1ccco1. The number of aromatic nitrogens is 3. The number of benzene rings is 2. The number of nitrogens with one attached hydrogen (secondary N) is 1. The van der Waals surface area contributed by atoms with Crippen molar-refractivity contribution in [3.63, 3.8) is 0 Å². The number of allylic oxidation sites excluding steroid dienone is 1. The van der Waals surface area contributed by atoms with Gasteiger partial charge in [-0.05, 0) is 42.8 Å². The van der Waals surface area contributed by atoms with Gasteiger partial charge in [-0.1, -0.05) is 48.5 Å². The zero-order valence-electron chi connectivity index (χ0n) is 16.3. The van der Waals surface area contributed by atoms with E-state index in [0.29, 0.717) is 11.6 Å². The van der Waals surface area contributed by atoms with Crippen molar-refractivity contribution in [3.8, 4) is 17.1 Å². The molecule has 2 heterocycles. The first-order valence-electron chi connectivity index (χ1n) is 9.34. The van der Waals surface area contributed by atoms with E-state index in [2.05, 4.69) is 20.6 Å². The summed E-state index contributed by atoms with van der Waals surface area (Å²) in [7, 11) is 0. The molecule has 0 unspecified atom stereocenters. The number of nitrogens with zero attached hydrogens (tertiary/aromatic N) is 4. The van der Waals surface area contributed by atoms with Crippen LogP contribution >= 0.6 is 0 Å². The summed E-state index contributed by atoms with van der Waals surface area (Å²) in [5.74, 6) is 0.817. The summed E-state index contributed by atoms with van der Waals surface area (Å²) < 4.78 is 6.90. The molecule has 0 aliphatic rings. The Balaban J connectivity index is 1.57. The van der Waals surface area contributed by atoms with Gasteiger partial charge in [-0.3, -0.25) is 4.79 Å². The van der Waals surface area contributed by atoms with Crippen LogP contribution in [0, 0.1) is 0 Å². The first kappa shape index (κ1) is 19.1. The Morgan fingerprint density at radius 1 is 1.03 bits per heavy atom. The largest absolute Gasteiger partial charge is 0.465 e. The summed E-state index contributed by atoms with van der Waals surface area (Å²) in [5.41, 5.74) is 4.96. The molecule has 4 rings (SSSR count). The first-order valence-corrected chi connectivity index (χ1v) is 9.34. The van der Waals surface area contributed by atoms with Crippen LogP contribution in [-0.2, 0) is 0 Å². The minimum Gasteiger partial charge on any atom is -0.465 e. The number of rotatable bonds is 6. The van der Waals surface area contributed by atoms with Gasteiger partial charge in [0.15, 0.2) is 5.82 Å². The molecule has 0 bridgehead atoms. The third-order valence-corrected chi connectivity index (χ3v) is 4.19. The Bertz CT molecular complexity index is 1120. The molecule has 1 amide bonds. The van der Waals surface area contributed by atoms with Crippen molar-refractivity contribution in [1.82, 2.24) is 20.2 Å². The molecule has 30 heavy (non-hydrogen) atoms. The number of hydrazone groups is 1. The molecule has 0 atom stereocenters. The summed E-state index contributed by atoms with van der Waals surface area (Å²) in [6.07, 6.45) is 4.94. The smallest absolute Gasteiger partial charge is 0.311 e. The van der Waals surface area contributed by atoms with Gasteiger partial charge in [-0.15, -0.1) is 5.10 Å². The van der Waals surface area contributed by atoms with Crippen LogP contribution in [-0.4, -0.2) is 26.9 Å². The second-order valence-corrected chi connectivity index (χ2v) is 6.48. The lowest BCUT2D eigenvalue weighted by Crippen LogP contribution is -2.19. The van der Waals surface area contributed by atoms with Crippen LogP contribution in [0.4, 0.5) is 0 Å². The first-order chi connectivity index (χ1) is 14.7. The molecule has 1 N–H and O–H groups in total. The highest BCUT2D eigenvalue weighted by molar-refractivity contribution is 5.92. The maximum atomic E-state index is 12.6. The second-order valence-electron chi connectivity index (χ2n) is 6.48. The molecule has 0 saturated heterocycles. The molecular weight excluding hydrogens is 378 g/mol. The molecular formula is C23H19N5O2. The van der Waals surface area contributed by atoms with Crippen molar-refractivity contribution in [2.24, 2.45) is 5.10 Å². The van der Waals surface area contributed by atoms with Crippen LogP contribution in [0.2, 0.25) is 0 Å². The predicted octanol–water partition coefficient (Wildman–Crippen LogP) is 4.35. The minimum absolute atomic E-state index is 0.0301. The molecule has 0 saturated carbocycles. The highest BCUT2D eigenvalue weighted by Gasteiger charge is 2.18. The van der Waals surface area contributed by atoms with E-state index in [9.17, 15) is 4.79 Å². The van der Waals surface area contributed by atoms with E-state index in [1.54, 1.807) is 17.0 Å². The summed E-state index contributed by atoms with van der Waals surface area (Å²) in [4.78, 5) is 17.0. The molecule has 0 aliphatic heterocycles. The Morgan fingerprint density at radius 3 is 2.47 bits per heavy atom. The van der Waals surface area contributed by atoms with E-state index in [-0.39, 0.29) is 5.82 Å². The third-order valence-electron chi connectivity index (χ3n) is 4.19. The molecule has 0 radical (unpaired) electrons. The van der Waals surface area contributed by atoms with Gasteiger partial charge in [0, 0.05) is 5.56 Å². The van der Waals surface area contributed by atoms with Crippen LogP contribution < -0.4 is 5.43 Å². The van der Waals surface area contributed by atoms with Gasteiger partial charge in [-0.25, -0.2) is 15.1 Å². The van der Waals surface area contributed by atoms with E-state index < -0.39 is 5.91 Å². The number of carbonyl (C=O) groups is 1. The maximum Gasteiger partial charge on any atom is 0.311 e. The number of hydrogen-bond acceptors (Lipinski definition) is 5. The van der Waals surface area contributed by atoms with Crippen LogP contribution in [0.15, 0.2) is 94.2 Å². The van der Waals surface area contributed by atoms with Crippen molar-refractivity contribution in [3.05, 3.63) is 96.2 Å². The van der Waals surface area contributed by atoms with Crippen LogP contribution in [0.5, 0.6) is 0 Å². The molecule has 2 aromatic carbocycles. The molecule has 7 heteroatoms. The van der Waals surface area contributed by atoms with Gasteiger partial charge in [0.2, 0.25) is 5.82 Å². The molecule has 7 nitrogen and oxygen atoms in total. The fraction of sp³-hybridized carbons (Fsp3) is 0.0435. The third kappa shape index (κ3) is 4.41. The van der Waals surface area contributed by atoms with Gasteiger partial charge < -0.3 is 4.42 Å². The Kier molecular flexibility index (Phi) is 5.61. The molecule has 148 valence electrons. The lowest BCUT2D eigenvalue weighted by Gasteiger charge is -2.05. The summed E-state index contributed by atoms with van der Waals surface area (Å²) in [6, 6.07) is 22.8. The quantitative estimate of drug-likeness (QED) is 0.387. The van der Waals surface area contributed by atoms with E-state index in [1.807, 2.05) is 79.7 Å². The fourth-order valence-electron chi connectivity index (χ4n) is 2.81. The van der Waals surface area contributed by atoms with Crippen molar-refractivity contribution < 1.29 is 9.21 Å². The van der Waals surface area contributed by atoms with Gasteiger partial charge in [0.1, 0.15) is 5.76 Å². The standard InChI is InChI=1S/C23H19N5O2/c1-17(15-20-13-8-14-30-20)16-24-26-23(29)21-25-22(18-9-4-2-5-10-18)28(27-21)19-11-6-3-7-12-19/h2-16H,1H3,(H,26,29)/b17-15+,24-16+. The Labute approximate surface area is 173 Å². The number of hydrogen-bond donors (Lipinski definition) is 1. The van der Waals surface area contributed by atoms with E-state index in [0.717, 1.165) is 16.8 Å². The van der Waals surface area contributed by atoms with Crippen molar-refractivity contribution in [2.45, 2.75) is 6.92 Å². The lowest BCUT2D eigenvalue weighted by molar-refractivity contribution is 0.0945. The topological polar surface area (TPSA) is 85.3 Å². The summed E-state index contributed by atoms with van der Waals surface area (Å²) in [6.45, 7) is 1.86. The number of amides is 1. The zero-order chi connectivity index (χ0) is 20.8. The van der Waals surface area contributed by atoms with Crippen LogP contribution in [0.3, 0.4) is 0 Å². The molecule has 2 aromatic heterocycles. The van der Waals surface area contributed by atoms with Crippen molar-refractivity contribution in [2.75, 3.05) is 0 Å². The highest BCUT2D eigenvalue weighted by Crippen LogP contribution is 2.20. The van der Waals surface area contributed by atoms with E-state index in [4.69, 9.17) is 4.42 Å². The predicted molar refractivity (Wildman–Crippen MR) is 115 cm³/mol. The second kappa shape index (κ2) is 8.83. The monoisotopic (exact) mass is 397 g/mol. The molecule has 0 aliphatic carbocycles. The fourth-order valence-corrected chi connectivity index (χ4v) is 2.81.